The van der Waals surface area contributed by atoms with Crippen molar-refractivity contribution in [3.63, 3.8) is 0 Å². The number of benzene rings is 1. The van der Waals surface area contributed by atoms with E-state index in [1.807, 2.05) is 11.9 Å². The van der Waals surface area contributed by atoms with Crippen molar-refractivity contribution < 1.29 is 0 Å². The molecule has 0 radical (unpaired) electrons. The van der Waals surface area contributed by atoms with Crippen LogP contribution >= 0.6 is 15.9 Å². The van der Waals surface area contributed by atoms with Crippen LogP contribution in [-0.4, -0.2) is 17.0 Å². The molecule has 1 aromatic carbocycles. The number of nitrogens with two attached hydrogens (primary N) is 1. The number of halogens is 1. The first-order chi connectivity index (χ1) is 8.56. The first kappa shape index (κ1) is 12.8. The Hall–Kier alpha value is -1.62. The van der Waals surface area contributed by atoms with Crippen LogP contribution in [0.5, 0.6) is 0 Å². The van der Waals surface area contributed by atoms with Gasteiger partial charge in [0.1, 0.15) is 5.82 Å². The Morgan fingerprint density at radius 2 is 1.94 bits per heavy atom. The molecule has 0 saturated heterocycles. The molecule has 2 aromatic rings. The highest BCUT2D eigenvalue weighted by atomic mass is 79.9. The molecule has 1 aromatic heterocycles. The molecular weight excluding hydrogens is 292 g/mol. The minimum atomic E-state index is 0.281. The average molecular weight is 307 g/mol. The van der Waals surface area contributed by atoms with E-state index in [2.05, 4.69) is 57.1 Å². The van der Waals surface area contributed by atoms with Crippen LogP contribution in [0.25, 0.3) is 0 Å². The van der Waals surface area contributed by atoms with Gasteiger partial charge in [-0.25, -0.2) is 4.98 Å². The van der Waals surface area contributed by atoms with Gasteiger partial charge in [-0.3, -0.25) is 0 Å². The molecule has 2 N–H and O–H groups in total. The van der Waals surface area contributed by atoms with Gasteiger partial charge < -0.3 is 10.6 Å². The highest BCUT2D eigenvalue weighted by Crippen LogP contribution is 2.23. The molecule has 94 valence electrons. The Labute approximate surface area is 115 Å². The van der Waals surface area contributed by atoms with Crippen molar-refractivity contribution in [2.45, 2.75) is 13.5 Å². The van der Waals surface area contributed by atoms with Crippen LogP contribution in [-0.2, 0) is 6.54 Å². The second kappa shape index (κ2) is 5.35. The molecule has 2 rings (SSSR count). The smallest absolute Gasteiger partial charge is 0.222 e. The van der Waals surface area contributed by atoms with Crippen LogP contribution < -0.4 is 10.6 Å². The van der Waals surface area contributed by atoms with Gasteiger partial charge in [0.2, 0.25) is 5.95 Å². The van der Waals surface area contributed by atoms with Gasteiger partial charge in [0.15, 0.2) is 0 Å². The number of hydrogen-bond donors (Lipinski definition) is 1. The maximum absolute atomic E-state index is 5.61. The van der Waals surface area contributed by atoms with Gasteiger partial charge in [-0.15, -0.1) is 0 Å². The highest BCUT2D eigenvalue weighted by Gasteiger charge is 2.09. The molecule has 4 nitrogen and oxygen atoms in total. The zero-order valence-corrected chi connectivity index (χ0v) is 12.0. The lowest BCUT2D eigenvalue weighted by molar-refractivity contribution is 0.888. The summed E-state index contributed by atoms with van der Waals surface area (Å²) in [5.41, 5.74) is 8.10. The fourth-order valence-electron chi connectivity index (χ4n) is 1.68. The summed E-state index contributed by atoms with van der Waals surface area (Å²) >= 11 is 3.43. The van der Waals surface area contributed by atoms with Gasteiger partial charge in [0, 0.05) is 19.8 Å². The molecule has 18 heavy (non-hydrogen) atoms. The number of nitrogen functional groups attached to an aromatic ring is 1. The lowest BCUT2D eigenvalue weighted by Crippen LogP contribution is -2.19. The van der Waals surface area contributed by atoms with Crippen molar-refractivity contribution in [1.82, 2.24) is 9.97 Å². The summed E-state index contributed by atoms with van der Waals surface area (Å²) in [5, 5.41) is 0. The Morgan fingerprint density at radius 1 is 1.28 bits per heavy atom. The summed E-state index contributed by atoms with van der Waals surface area (Å²) in [7, 11) is 1.98. The Balaban J connectivity index is 2.18. The Morgan fingerprint density at radius 3 is 2.61 bits per heavy atom. The molecule has 0 fully saturated rings. The monoisotopic (exact) mass is 306 g/mol. The summed E-state index contributed by atoms with van der Waals surface area (Å²) in [5.74, 6) is 1.08. The number of rotatable bonds is 3. The zero-order chi connectivity index (χ0) is 13.1. The SMILES string of the molecule is Cc1ccc(CN(C)c2nc(N)ncc2Br)cc1. The largest absolute Gasteiger partial charge is 0.368 e. The third-order valence-corrected chi connectivity index (χ3v) is 3.21. The molecule has 0 unspecified atom stereocenters. The number of hydrogen-bond acceptors (Lipinski definition) is 4. The van der Waals surface area contributed by atoms with Gasteiger partial charge in [0.25, 0.3) is 0 Å². The molecule has 0 aliphatic heterocycles. The van der Waals surface area contributed by atoms with Crippen molar-refractivity contribution >= 4 is 27.7 Å². The van der Waals surface area contributed by atoms with E-state index in [1.165, 1.54) is 11.1 Å². The Kier molecular flexibility index (Phi) is 3.81. The van der Waals surface area contributed by atoms with E-state index in [0.717, 1.165) is 16.8 Å². The second-order valence-electron chi connectivity index (χ2n) is 4.24. The molecule has 0 amide bonds. The minimum absolute atomic E-state index is 0.281. The van der Waals surface area contributed by atoms with Crippen LogP contribution in [0.4, 0.5) is 11.8 Å². The summed E-state index contributed by atoms with van der Waals surface area (Å²) in [6, 6.07) is 8.44. The lowest BCUT2D eigenvalue weighted by Gasteiger charge is -2.19. The number of nitrogens with zero attached hydrogens (tertiary/aromatic N) is 3. The third-order valence-electron chi connectivity index (χ3n) is 2.65. The van der Waals surface area contributed by atoms with Crippen molar-refractivity contribution in [3.05, 3.63) is 46.1 Å². The van der Waals surface area contributed by atoms with Crippen LogP contribution in [0, 0.1) is 6.92 Å². The lowest BCUT2D eigenvalue weighted by atomic mass is 10.1. The van der Waals surface area contributed by atoms with Crippen LogP contribution in [0.1, 0.15) is 11.1 Å². The number of aryl methyl sites for hydroxylation is 1. The molecule has 0 bridgehead atoms. The maximum Gasteiger partial charge on any atom is 0.222 e. The molecule has 0 spiro atoms. The minimum Gasteiger partial charge on any atom is -0.368 e. The first-order valence-corrected chi connectivity index (χ1v) is 6.40. The van der Waals surface area contributed by atoms with E-state index in [1.54, 1.807) is 6.20 Å². The van der Waals surface area contributed by atoms with Crippen molar-refractivity contribution in [3.8, 4) is 0 Å². The fraction of sp³-hybridized carbons (Fsp3) is 0.231. The number of aromatic nitrogens is 2. The van der Waals surface area contributed by atoms with Gasteiger partial charge in [0.05, 0.1) is 4.47 Å². The second-order valence-corrected chi connectivity index (χ2v) is 5.10. The van der Waals surface area contributed by atoms with Gasteiger partial charge in [-0.05, 0) is 28.4 Å². The highest BCUT2D eigenvalue weighted by molar-refractivity contribution is 9.10. The van der Waals surface area contributed by atoms with Crippen LogP contribution in [0.3, 0.4) is 0 Å². The zero-order valence-electron chi connectivity index (χ0n) is 10.4. The molecule has 1 heterocycles. The summed E-state index contributed by atoms with van der Waals surface area (Å²) in [6.45, 7) is 2.85. The molecule has 0 aliphatic rings. The van der Waals surface area contributed by atoms with Crippen molar-refractivity contribution in [2.24, 2.45) is 0 Å². The predicted octanol–water partition coefficient (Wildman–Crippen LogP) is 2.77. The molecule has 0 saturated carbocycles. The Bertz CT molecular complexity index is 539. The van der Waals surface area contributed by atoms with Gasteiger partial charge >= 0.3 is 0 Å². The predicted molar refractivity (Wildman–Crippen MR) is 77.4 cm³/mol. The van der Waals surface area contributed by atoms with E-state index in [4.69, 9.17) is 5.73 Å². The van der Waals surface area contributed by atoms with E-state index in [0.29, 0.717) is 0 Å². The normalized spacial score (nSPS) is 10.4. The third kappa shape index (κ3) is 2.98. The topological polar surface area (TPSA) is 55.0 Å². The van der Waals surface area contributed by atoms with Crippen molar-refractivity contribution in [1.29, 1.82) is 0 Å². The average Bonchev–Trinajstić information content (AvgIpc) is 2.35. The van der Waals surface area contributed by atoms with E-state index in [-0.39, 0.29) is 5.95 Å². The van der Waals surface area contributed by atoms with Crippen LogP contribution in [0.15, 0.2) is 34.9 Å². The summed E-state index contributed by atoms with van der Waals surface area (Å²) in [4.78, 5) is 10.2. The maximum atomic E-state index is 5.61. The molecular formula is C13H15BrN4. The summed E-state index contributed by atoms with van der Waals surface area (Å²) in [6.07, 6.45) is 1.67. The van der Waals surface area contributed by atoms with Gasteiger partial charge in [-0.2, -0.15) is 4.98 Å². The molecule has 0 aliphatic carbocycles. The standard InChI is InChI=1S/C13H15BrN4/c1-9-3-5-10(6-4-9)8-18(2)12-11(14)7-16-13(15)17-12/h3-7H,8H2,1-2H3,(H2,15,16,17). The van der Waals surface area contributed by atoms with Gasteiger partial charge in [-0.1, -0.05) is 29.8 Å². The van der Waals surface area contributed by atoms with Crippen molar-refractivity contribution in [2.75, 3.05) is 17.7 Å². The summed E-state index contributed by atoms with van der Waals surface area (Å²) < 4.78 is 0.839. The fourth-order valence-corrected chi connectivity index (χ4v) is 2.17. The molecule has 5 heteroatoms. The molecule has 0 atom stereocenters. The first-order valence-electron chi connectivity index (χ1n) is 5.61. The number of anilines is 2. The van der Waals surface area contributed by atoms with E-state index in [9.17, 15) is 0 Å². The quantitative estimate of drug-likeness (QED) is 0.947. The van der Waals surface area contributed by atoms with Crippen LogP contribution in [0.2, 0.25) is 0 Å². The van der Waals surface area contributed by atoms with E-state index >= 15 is 0 Å². The van der Waals surface area contributed by atoms with E-state index < -0.39 is 0 Å².